The fourth-order valence-electron chi connectivity index (χ4n) is 3.33. The van der Waals surface area contributed by atoms with Gasteiger partial charge in [-0.25, -0.2) is 5.48 Å². The van der Waals surface area contributed by atoms with Gasteiger partial charge in [0.25, 0.3) is 11.8 Å². The average molecular weight is 413 g/mol. The minimum atomic E-state index is -1.25. The smallest absolute Gasteiger partial charge is 0.268 e. The van der Waals surface area contributed by atoms with Crippen LogP contribution in [-0.4, -0.2) is 65.5 Å². The fraction of sp³-hybridized carbons (Fsp3) is 0.364. The maximum Gasteiger partial charge on any atom is 0.268 e. The van der Waals surface area contributed by atoms with Crippen LogP contribution in [-0.2, 0) is 16.1 Å². The first kappa shape index (κ1) is 21.9. The quantitative estimate of drug-likeness (QED) is 0.401. The third-order valence-corrected chi connectivity index (χ3v) is 5.11. The third kappa shape index (κ3) is 5.64. The number of rotatable bonds is 7. The number of hydrogen-bond acceptors (Lipinski definition) is 6. The lowest BCUT2D eigenvalue weighted by molar-refractivity contribution is -0.133. The van der Waals surface area contributed by atoms with Crippen molar-refractivity contribution < 1.29 is 24.6 Å². The predicted molar refractivity (Wildman–Crippen MR) is 111 cm³/mol. The van der Waals surface area contributed by atoms with Gasteiger partial charge >= 0.3 is 0 Å². The number of amides is 2. The van der Waals surface area contributed by atoms with Gasteiger partial charge in [0.1, 0.15) is 6.04 Å². The zero-order valence-electron chi connectivity index (χ0n) is 16.9. The molecule has 30 heavy (non-hydrogen) atoms. The number of aliphatic hydroxyl groups excluding tert-OH is 1. The topological polar surface area (TPSA) is 111 Å². The van der Waals surface area contributed by atoms with Crippen molar-refractivity contribution in [2.75, 3.05) is 26.3 Å². The van der Waals surface area contributed by atoms with Gasteiger partial charge in [-0.1, -0.05) is 36.4 Å². The van der Waals surface area contributed by atoms with Gasteiger partial charge in [-0.15, -0.1) is 0 Å². The van der Waals surface area contributed by atoms with E-state index in [-0.39, 0.29) is 0 Å². The zero-order valence-corrected chi connectivity index (χ0v) is 16.9. The molecule has 4 N–H and O–H groups in total. The maximum absolute atomic E-state index is 12.4. The van der Waals surface area contributed by atoms with Crippen molar-refractivity contribution >= 4 is 11.8 Å². The first-order valence-electron chi connectivity index (χ1n) is 9.90. The van der Waals surface area contributed by atoms with Crippen molar-refractivity contribution in [3.8, 4) is 11.1 Å². The average Bonchev–Trinajstić information content (AvgIpc) is 2.78. The Bertz CT molecular complexity index is 846. The van der Waals surface area contributed by atoms with E-state index in [2.05, 4.69) is 34.5 Å². The van der Waals surface area contributed by atoms with Crippen LogP contribution >= 0.6 is 0 Å². The summed E-state index contributed by atoms with van der Waals surface area (Å²) in [4.78, 5) is 26.3. The molecule has 2 aromatic rings. The Labute approximate surface area is 175 Å². The number of benzene rings is 2. The van der Waals surface area contributed by atoms with Gasteiger partial charge in [-0.3, -0.25) is 19.7 Å². The first-order chi connectivity index (χ1) is 14.5. The molecule has 0 bridgehead atoms. The summed E-state index contributed by atoms with van der Waals surface area (Å²) in [6, 6.07) is 14.0. The lowest BCUT2D eigenvalue weighted by Gasteiger charge is -2.26. The highest BCUT2D eigenvalue weighted by atomic mass is 16.5. The second kappa shape index (κ2) is 10.3. The zero-order chi connectivity index (χ0) is 21.5. The van der Waals surface area contributed by atoms with Crippen LogP contribution in [0.2, 0.25) is 0 Å². The molecule has 3 rings (SSSR count). The number of nitrogens with one attached hydrogen (secondary N) is 2. The van der Waals surface area contributed by atoms with Gasteiger partial charge in [0.15, 0.2) is 0 Å². The number of hydrogen-bond donors (Lipinski definition) is 4. The summed E-state index contributed by atoms with van der Waals surface area (Å²) >= 11 is 0. The van der Waals surface area contributed by atoms with E-state index in [0.29, 0.717) is 5.56 Å². The second-order valence-electron chi connectivity index (χ2n) is 7.33. The highest BCUT2D eigenvalue weighted by Gasteiger charge is 2.25. The molecule has 1 saturated heterocycles. The van der Waals surface area contributed by atoms with Gasteiger partial charge in [-0.2, -0.15) is 0 Å². The number of hydroxylamine groups is 1. The highest BCUT2D eigenvalue weighted by Crippen LogP contribution is 2.21. The van der Waals surface area contributed by atoms with Crippen molar-refractivity contribution in [1.82, 2.24) is 15.7 Å². The van der Waals surface area contributed by atoms with E-state index in [1.807, 2.05) is 12.1 Å². The van der Waals surface area contributed by atoms with Gasteiger partial charge in [0.2, 0.25) is 0 Å². The summed E-state index contributed by atoms with van der Waals surface area (Å²) in [6.07, 6.45) is -1.16. The summed E-state index contributed by atoms with van der Waals surface area (Å²) in [5.74, 6) is -1.40. The Hall–Kier alpha value is -2.78. The number of carbonyl (C=O) groups is 2. The van der Waals surface area contributed by atoms with Crippen molar-refractivity contribution in [2.45, 2.75) is 25.6 Å². The number of carbonyl (C=O) groups excluding carboxylic acids is 2. The van der Waals surface area contributed by atoms with E-state index in [1.54, 1.807) is 12.1 Å². The van der Waals surface area contributed by atoms with E-state index < -0.39 is 24.0 Å². The molecule has 2 unspecified atom stereocenters. The van der Waals surface area contributed by atoms with Crippen LogP contribution in [0.25, 0.3) is 11.1 Å². The van der Waals surface area contributed by atoms with Gasteiger partial charge in [-0.05, 0) is 35.7 Å². The molecule has 0 saturated carbocycles. The molecule has 160 valence electrons. The molecule has 1 aliphatic heterocycles. The van der Waals surface area contributed by atoms with Crippen LogP contribution in [0.15, 0.2) is 48.5 Å². The molecule has 0 aromatic heterocycles. The number of morpholine rings is 1. The monoisotopic (exact) mass is 413 g/mol. The molecule has 2 amide bonds. The standard InChI is InChI=1S/C22H27N3O5/c1-15(26)20(22(28)24-29)23-21(27)19-8-6-18(7-9-19)17-4-2-16(3-5-17)14-25-10-12-30-13-11-25/h2-9,15,20,26,29H,10-14H2,1H3,(H,23,27)(H,24,28). The summed E-state index contributed by atoms with van der Waals surface area (Å²) < 4.78 is 5.38. The van der Waals surface area contributed by atoms with Crippen LogP contribution in [0, 0.1) is 0 Å². The van der Waals surface area contributed by atoms with Crippen molar-refractivity contribution in [3.05, 3.63) is 59.7 Å². The lowest BCUT2D eigenvalue weighted by atomic mass is 10.0. The minimum absolute atomic E-state index is 0.346. The molecular formula is C22H27N3O5. The summed E-state index contributed by atoms with van der Waals surface area (Å²) in [5, 5.41) is 20.8. The molecule has 8 heteroatoms. The summed E-state index contributed by atoms with van der Waals surface area (Å²) in [7, 11) is 0. The van der Waals surface area contributed by atoms with Gasteiger partial charge < -0.3 is 15.2 Å². The molecule has 0 spiro atoms. The molecule has 0 aliphatic carbocycles. The third-order valence-electron chi connectivity index (χ3n) is 5.11. The Kier molecular flexibility index (Phi) is 7.53. The van der Waals surface area contributed by atoms with Gasteiger partial charge in [0, 0.05) is 25.2 Å². The van der Waals surface area contributed by atoms with Crippen LogP contribution in [0.1, 0.15) is 22.8 Å². The normalized spacial score (nSPS) is 16.5. The van der Waals surface area contributed by atoms with Gasteiger partial charge in [0.05, 0.1) is 19.3 Å². The van der Waals surface area contributed by atoms with Crippen molar-refractivity contribution in [2.24, 2.45) is 0 Å². The maximum atomic E-state index is 12.4. The Balaban J connectivity index is 1.63. The molecule has 1 heterocycles. The second-order valence-corrected chi connectivity index (χ2v) is 7.33. The van der Waals surface area contributed by atoms with Crippen LogP contribution in [0.3, 0.4) is 0 Å². The summed E-state index contributed by atoms with van der Waals surface area (Å²) in [5.41, 5.74) is 5.03. The van der Waals surface area contributed by atoms with E-state index in [9.17, 15) is 14.7 Å². The van der Waals surface area contributed by atoms with Crippen LogP contribution in [0.4, 0.5) is 0 Å². The van der Waals surface area contributed by atoms with E-state index in [1.165, 1.54) is 18.0 Å². The minimum Gasteiger partial charge on any atom is -0.391 e. The first-order valence-corrected chi connectivity index (χ1v) is 9.90. The van der Waals surface area contributed by atoms with Crippen molar-refractivity contribution in [1.29, 1.82) is 0 Å². The molecular weight excluding hydrogens is 386 g/mol. The van der Waals surface area contributed by atoms with Crippen LogP contribution < -0.4 is 10.8 Å². The van der Waals surface area contributed by atoms with E-state index in [0.717, 1.165) is 44.0 Å². The molecule has 1 aliphatic rings. The Morgan fingerprint density at radius 2 is 1.60 bits per heavy atom. The Morgan fingerprint density at radius 3 is 2.13 bits per heavy atom. The van der Waals surface area contributed by atoms with Crippen molar-refractivity contribution in [3.63, 3.8) is 0 Å². The van der Waals surface area contributed by atoms with E-state index >= 15 is 0 Å². The molecule has 0 radical (unpaired) electrons. The number of ether oxygens (including phenoxy) is 1. The highest BCUT2D eigenvalue weighted by molar-refractivity contribution is 5.97. The Morgan fingerprint density at radius 1 is 1.03 bits per heavy atom. The molecule has 1 fully saturated rings. The SMILES string of the molecule is CC(O)C(NC(=O)c1ccc(-c2ccc(CN3CCOCC3)cc2)cc1)C(=O)NO. The lowest BCUT2D eigenvalue weighted by Crippen LogP contribution is -2.51. The largest absolute Gasteiger partial charge is 0.391 e. The van der Waals surface area contributed by atoms with E-state index in [4.69, 9.17) is 9.94 Å². The predicted octanol–water partition coefficient (Wildman–Crippen LogP) is 1.17. The van der Waals surface area contributed by atoms with Crippen LogP contribution in [0.5, 0.6) is 0 Å². The fourth-order valence-corrected chi connectivity index (χ4v) is 3.33. The molecule has 8 nitrogen and oxygen atoms in total. The number of nitrogens with zero attached hydrogens (tertiary/aromatic N) is 1. The molecule has 2 aromatic carbocycles. The summed E-state index contributed by atoms with van der Waals surface area (Å²) in [6.45, 7) is 5.70. The number of aliphatic hydroxyl groups is 1. The molecule has 2 atom stereocenters.